The van der Waals surface area contributed by atoms with E-state index in [4.69, 9.17) is 0 Å². The van der Waals surface area contributed by atoms with Gasteiger partial charge in [0.25, 0.3) is 0 Å². The molecule has 1 aromatic carbocycles. The Hall–Kier alpha value is -1.88. The van der Waals surface area contributed by atoms with E-state index in [1.165, 1.54) is 6.07 Å². The fourth-order valence-corrected chi connectivity index (χ4v) is 2.08. The predicted octanol–water partition coefficient (Wildman–Crippen LogP) is 3.35. The zero-order chi connectivity index (χ0) is 15.2. The van der Waals surface area contributed by atoms with Gasteiger partial charge in [-0.05, 0) is 55.6 Å². The second kappa shape index (κ2) is 7.22. The maximum Gasteiger partial charge on any atom is 0.145 e. The molecule has 0 aliphatic heterocycles. The Morgan fingerprint density at radius 1 is 1.19 bits per heavy atom. The number of benzene rings is 1. The fraction of sp³-hybridized carbons (Fsp3) is 0.375. The first-order chi connectivity index (χ1) is 10.1. The lowest BCUT2D eigenvalue weighted by Crippen LogP contribution is -2.26. The highest BCUT2D eigenvalue weighted by molar-refractivity contribution is 5.21. The monoisotopic (exact) mass is 291 g/mol. The highest BCUT2D eigenvalue weighted by atomic mass is 19.1. The Morgan fingerprint density at radius 2 is 1.90 bits per heavy atom. The van der Waals surface area contributed by atoms with Crippen molar-refractivity contribution in [1.82, 2.24) is 15.3 Å². The van der Waals surface area contributed by atoms with Crippen molar-refractivity contribution in [3.05, 3.63) is 59.2 Å². The quantitative estimate of drug-likeness (QED) is 0.887. The van der Waals surface area contributed by atoms with E-state index in [1.54, 1.807) is 12.4 Å². The van der Waals surface area contributed by atoms with Gasteiger partial charge in [0.05, 0.1) is 6.04 Å². The van der Waals surface area contributed by atoms with Gasteiger partial charge in [-0.2, -0.15) is 0 Å². The third-order valence-corrected chi connectivity index (χ3v) is 3.19. The van der Waals surface area contributed by atoms with Crippen LogP contribution < -0.4 is 5.32 Å². The number of rotatable bonds is 6. The van der Waals surface area contributed by atoms with Crippen LogP contribution in [0.3, 0.4) is 0 Å². The number of halogens is 2. The maximum atomic E-state index is 13.8. The summed E-state index contributed by atoms with van der Waals surface area (Å²) >= 11 is 0. The largest absolute Gasteiger partial charge is 0.307 e. The molecule has 0 radical (unpaired) electrons. The zero-order valence-corrected chi connectivity index (χ0v) is 12.2. The van der Waals surface area contributed by atoms with E-state index in [1.807, 2.05) is 13.8 Å². The Bertz CT molecular complexity index is 585. The van der Waals surface area contributed by atoms with Crippen LogP contribution in [0.25, 0.3) is 0 Å². The summed E-state index contributed by atoms with van der Waals surface area (Å²) in [6.07, 6.45) is 4.70. The molecule has 0 fully saturated rings. The van der Waals surface area contributed by atoms with Crippen LogP contribution in [0.1, 0.15) is 36.3 Å². The van der Waals surface area contributed by atoms with E-state index in [2.05, 4.69) is 15.3 Å². The van der Waals surface area contributed by atoms with Gasteiger partial charge in [-0.1, -0.05) is 6.92 Å². The molecule has 1 aromatic heterocycles. The van der Waals surface area contributed by atoms with Crippen molar-refractivity contribution in [3.63, 3.8) is 0 Å². The SMILES string of the molecule is CCCNC(Cc1cc(F)ccc1F)c1ncc(C)cn1. The summed E-state index contributed by atoms with van der Waals surface area (Å²) in [7, 11) is 0. The first kappa shape index (κ1) is 15.5. The standard InChI is InChI=1S/C16H19F2N3/c1-3-6-19-15(16-20-9-11(2)10-21-16)8-12-7-13(17)4-5-14(12)18/h4-5,7,9-10,15,19H,3,6,8H2,1-2H3. The highest BCUT2D eigenvalue weighted by Gasteiger charge is 2.17. The lowest BCUT2D eigenvalue weighted by atomic mass is 10.0. The first-order valence-corrected chi connectivity index (χ1v) is 7.06. The van der Waals surface area contributed by atoms with E-state index in [0.29, 0.717) is 17.8 Å². The third-order valence-electron chi connectivity index (χ3n) is 3.19. The van der Waals surface area contributed by atoms with Crippen LogP contribution in [0.5, 0.6) is 0 Å². The fourth-order valence-electron chi connectivity index (χ4n) is 2.08. The predicted molar refractivity (Wildman–Crippen MR) is 77.9 cm³/mol. The Labute approximate surface area is 123 Å². The molecule has 0 aliphatic rings. The molecular formula is C16H19F2N3. The van der Waals surface area contributed by atoms with Crippen LogP contribution in [0.4, 0.5) is 8.78 Å². The minimum absolute atomic E-state index is 0.234. The summed E-state index contributed by atoms with van der Waals surface area (Å²) in [5.41, 5.74) is 1.29. The van der Waals surface area contributed by atoms with Crippen LogP contribution in [-0.4, -0.2) is 16.5 Å². The summed E-state index contributed by atoms with van der Waals surface area (Å²) < 4.78 is 27.1. The van der Waals surface area contributed by atoms with Crippen LogP contribution in [0, 0.1) is 18.6 Å². The van der Waals surface area contributed by atoms with Gasteiger partial charge in [-0.25, -0.2) is 18.7 Å². The molecule has 0 spiro atoms. The van der Waals surface area contributed by atoms with Gasteiger partial charge in [-0.3, -0.25) is 0 Å². The van der Waals surface area contributed by atoms with E-state index in [0.717, 1.165) is 30.7 Å². The molecule has 0 aliphatic carbocycles. The van der Waals surface area contributed by atoms with Gasteiger partial charge in [0.2, 0.25) is 0 Å². The number of nitrogens with one attached hydrogen (secondary N) is 1. The summed E-state index contributed by atoms with van der Waals surface area (Å²) in [4.78, 5) is 8.58. The molecule has 21 heavy (non-hydrogen) atoms. The van der Waals surface area contributed by atoms with Gasteiger partial charge in [0.15, 0.2) is 0 Å². The molecule has 0 bridgehead atoms. The molecule has 5 heteroatoms. The Kier molecular flexibility index (Phi) is 5.33. The summed E-state index contributed by atoms with van der Waals surface area (Å²) in [6.45, 7) is 4.71. The van der Waals surface area contributed by atoms with Crippen molar-refractivity contribution < 1.29 is 8.78 Å². The molecule has 1 atom stereocenters. The number of hydrogen-bond acceptors (Lipinski definition) is 3. The van der Waals surface area contributed by atoms with Crippen molar-refractivity contribution >= 4 is 0 Å². The van der Waals surface area contributed by atoms with Crippen LogP contribution >= 0.6 is 0 Å². The van der Waals surface area contributed by atoms with Gasteiger partial charge in [0.1, 0.15) is 17.5 Å². The smallest absolute Gasteiger partial charge is 0.145 e. The molecule has 3 nitrogen and oxygen atoms in total. The molecule has 0 saturated heterocycles. The van der Waals surface area contributed by atoms with Crippen LogP contribution in [-0.2, 0) is 6.42 Å². The van der Waals surface area contributed by atoms with Crippen LogP contribution in [0.2, 0.25) is 0 Å². The van der Waals surface area contributed by atoms with Crippen molar-refractivity contribution in [2.45, 2.75) is 32.7 Å². The molecule has 1 unspecified atom stereocenters. The lowest BCUT2D eigenvalue weighted by molar-refractivity contribution is 0.488. The summed E-state index contributed by atoms with van der Waals surface area (Å²) in [5.74, 6) is -0.255. The first-order valence-electron chi connectivity index (χ1n) is 7.06. The normalized spacial score (nSPS) is 12.4. The van der Waals surface area contributed by atoms with Crippen molar-refractivity contribution in [3.8, 4) is 0 Å². The molecular weight excluding hydrogens is 272 g/mol. The third kappa shape index (κ3) is 4.29. The second-order valence-corrected chi connectivity index (χ2v) is 5.07. The zero-order valence-electron chi connectivity index (χ0n) is 12.2. The van der Waals surface area contributed by atoms with E-state index >= 15 is 0 Å². The number of aryl methyl sites for hydroxylation is 1. The lowest BCUT2D eigenvalue weighted by Gasteiger charge is -2.17. The molecule has 1 heterocycles. The van der Waals surface area contributed by atoms with Crippen molar-refractivity contribution in [1.29, 1.82) is 0 Å². The summed E-state index contributed by atoms with van der Waals surface area (Å²) in [6, 6.07) is 3.26. The van der Waals surface area contributed by atoms with E-state index in [9.17, 15) is 8.78 Å². The van der Waals surface area contributed by atoms with Gasteiger partial charge >= 0.3 is 0 Å². The van der Waals surface area contributed by atoms with E-state index in [-0.39, 0.29) is 6.04 Å². The van der Waals surface area contributed by atoms with E-state index < -0.39 is 11.6 Å². The number of aromatic nitrogens is 2. The maximum absolute atomic E-state index is 13.8. The highest BCUT2D eigenvalue weighted by Crippen LogP contribution is 2.18. The molecule has 0 amide bonds. The minimum atomic E-state index is -0.439. The van der Waals surface area contributed by atoms with Crippen molar-refractivity contribution in [2.24, 2.45) is 0 Å². The van der Waals surface area contributed by atoms with Gasteiger partial charge in [-0.15, -0.1) is 0 Å². The van der Waals surface area contributed by atoms with Gasteiger partial charge < -0.3 is 5.32 Å². The Morgan fingerprint density at radius 3 is 2.57 bits per heavy atom. The summed E-state index contributed by atoms with van der Waals surface area (Å²) in [5, 5.41) is 3.29. The van der Waals surface area contributed by atoms with Crippen molar-refractivity contribution in [2.75, 3.05) is 6.54 Å². The van der Waals surface area contributed by atoms with Crippen LogP contribution in [0.15, 0.2) is 30.6 Å². The topological polar surface area (TPSA) is 37.8 Å². The molecule has 0 saturated carbocycles. The number of nitrogens with zero attached hydrogens (tertiary/aromatic N) is 2. The second-order valence-electron chi connectivity index (χ2n) is 5.07. The Balaban J connectivity index is 2.23. The molecule has 1 N–H and O–H groups in total. The molecule has 2 aromatic rings. The average molecular weight is 291 g/mol. The number of hydrogen-bond donors (Lipinski definition) is 1. The molecule has 112 valence electrons. The molecule has 2 rings (SSSR count). The van der Waals surface area contributed by atoms with Gasteiger partial charge in [0, 0.05) is 12.4 Å². The average Bonchev–Trinajstić information content (AvgIpc) is 2.48. The minimum Gasteiger partial charge on any atom is -0.307 e.